The lowest BCUT2D eigenvalue weighted by molar-refractivity contribution is -0.133. The lowest BCUT2D eigenvalue weighted by Gasteiger charge is -2.33. The maximum Gasteiger partial charge on any atom is 0.405 e. The highest BCUT2D eigenvalue weighted by Gasteiger charge is 2.29. The van der Waals surface area contributed by atoms with Crippen molar-refractivity contribution in [1.82, 2.24) is 25.2 Å². The Hall–Kier alpha value is -2.94. The van der Waals surface area contributed by atoms with Crippen LogP contribution in [0.1, 0.15) is 31.4 Å². The van der Waals surface area contributed by atoms with Gasteiger partial charge in [-0.3, -0.25) is 14.6 Å². The van der Waals surface area contributed by atoms with Crippen molar-refractivity contribution in [1.29, 1.82) is 0 Å². The van der Waals surface area contributed by atoms with Crippen LogP contribution in [0.4, 0.5) is 4.79 Å². The summed E-state index contributed by atoms with van der Waals surface area (Å²) in [6.45, 7) is 2.38. The van der Waals surface area contributed by atoms with Crippen molar-refractivity contribution >= 4 is 23.6 Å². The van der Waals surface area contributed by atoms with Crippen molar-refractivity contribution in [3.05, 3.63) is 45.6 Å². The molecule has 0 radical (unpaired) electrons. The summed E-state index contributed by atoms with van der Waals surface area (Å²) in [5.74, 6) is 0.0788. The molecule has 10 heteroatoms. The Labute approximate surface area is 165 Å². The number of hydrogen-bond acceptors (Lipinski definition) is 5. The third kappa shape index (κ3) is 4.30. The molecule has 2 aromatic rings. The molecule has 2 amide bonds. The van der Waals surface area contributed by atoms with Crippen LogP contribution in [0.3, 0.4) is 0 Å². The molecule has 0 aromatic carbocycles. The molecule has 1 fully saturated rings. The first-order chi connectivity index (χ1) is 13.4. The maximum absolute atomic E-state index is 12.3. The zero-order valence-electron chi connectivity index (χ0n) is 15.2. The fourth-order valence-corrected chi connectivity index (χ4v) is 3.53. The van der Waals surface area contributed by atoms with E-state index in [1.165, 1.54) is 6.92 Å². The van der Waals surface area contributed by atoms with E-state index >= 15 is 0 Å². The quantitative estimate of drug-likeness (QED) is 0.712. The number of carbonyl (C=O) groups is 2. The molecule has 148 valence electrons. The zero-order chi connectivity index (χ0) is 20.3. The monoisotopic (exact) mass is 405 g/mol. The molecule has 0 saturated carbocycles. The van der Waals surface area contributed by atoms with Crippen LogP contribution in [-0.4, -0.2) is 56.1 Å². The van der Waals surface area contributed by atoms with Crippen LogP contribution in [0, 0.1) is 0 Å². The Morgan fingerprint density at radius 1 is 1.32 bits per heavy atom. The molecule has 0 aliphatic carbocycles. The van der Waals surface area contributed by atoms with Crippen LogP contribution in [0.5, 0.6) is 0 Å². The van der Waals surface area contributed by atoms with Gasteiger partial charge in [-0.15, -0.1) is 0 Å². The van der Waals surface area contributed by atoms with Gasteiger partial charge in [0.15, 0.2) is 0 Å². The Morgan fingerprint density at radius 3 is 2.57 bits per heavy atom. The smallest absolute Gasteiger partial charge is 0.405 e. The van der Waals surface area contributed by atoms with Gasteiger partial charge in [-0.05, 0) is 31.9 Å². The molecule has 3 rings (SSSR count). The summed E-state index contributed by atoms with van der Waals surface area (Å²) in [4.78, 5) is 48.1. The minimum absolute atomic E-state index is 0.0588. The number of halogens is 1. The summed E-state index contributed by atoms with van der Waals surface area (Å²) in [6, 6.07) is 2.68. The highest BCUT2D eigenvalue weighted by atomic mass is 35.5. The van der Waals surface area contributed by atoms with Crippen molar-refractivity contribution in [2.24, 2.45) is 0 Å². The number of piperidine rings is 1. The minimum Gasteiger partial charge on any atom is -0.465 e. The van der Waals surface area contributed by atoms with Gasteiger partial charge in [0, 0.05) is 37.0 Å². The van der Waals surface area contributed by atoms with Crippen molar-refractivity contribution in [2.75, 3.05) is 13.1 Å². The van der Waals surface area contributed by atoms with E-state index in [9.17, 15) is 14.4 Å². The Bertz CT molecular complexity index is 925. The van der Waals surface area contributed by atoms with E-state index in [2.05, 4.69) is 20.3 Å². The summed E-state index contributed by atoms with van der Waals surface area (Å²) in [5.41, 5.74) is 0.837. The second-order valence-corrected chi connectivity index (χ2v) is 7.00. The summed E-state index contributed by atoms with van der Waals surface area (Å²) in [5, 5.41) is 11.0. The molecular weight excluding hydrogens is 386 g/mol. The number of aromatic amines is 1. The lowest BCUT2D eigenvalue weighted by Crippen LogP contribution is -2.49. The first-order valence-corrected chi connectivity index (χ1v) is 9.23. The number of pyridine rings is 1. The summed E-state index contributed by atoms with van der Waals surface area (Å²) >= 11 is 6.22. The van der Waals surface area contributed by atoms with Gasteiger partial charge < -0.3 is 20.3 Å². The number of aromatic nitrogens is 3. The summed E-state index contributed by atoms with van der Waals surface area (Å²) in [7, 11) is 0. The predicted octanol–water partition coefficient (Wildman–Crippen LogP) is 1.85. The molecule has 0 bridgehead atoms. The standard InChI is InChI=1S/C18H20ClN5O4/c1-10(21-18(27)28)17(26)24-8-4-11(5-9-24)14-13(19)16(25)23-15(22-14)12-2-6-20-7-3-12/h2-3,6-7,10-11,21H,4-5,8-9H2,1H3,(H,27,28)(H,22,23,25)/t10-/m1/s1. The van der Waals surface area contributed by atoms with E-state index in [4.69, 9.17) is 16.7 Å². The van der Waals surface area contributed by atoms with Gasteiger partial charge in [-0.2, -0.15) is 0 Å². The number of amides is 2. The van der Waals surface area contributed by atoms with Crippen molar-refractivity contribution in [3.8, 4) is 11.4 Å². The molecule has 1 saturated heterocycles. The highest BCUT2D eigenvalue weighted by Crippen LogP contribution is 2.31. The number of H-pyrrole nitrogens is 1. The zero-order valence-corrected chi connectivity index (χ0v) is 15.9. The first-order valence-electron chi connectivity index (χ1n) is 8.85. The predicted molar refractivity (Wildman–Crippen MR) is 102 cm³/mol. The number of nitrogens with zero attached hydrogens (tertiary/aromatic N) is 3. The summed E-state index contributed by atoms with van der Waals surface area (Å²) in [6.07, 6.45) is 3.15. The van der Waals surface area contributed by atoms with E-state index in [0.29, 0.717) is 37.4 Å². The van der Waals surface area contributed by atoms with Crippen LogP contribution in [0.25, 0.3) is 11.4 Å². The van der Waals surface area contributed by atoms with Gasteiger partial charge >= 0.3 is 6.09 Å². The number of carboxylic acid groups (broad SMARTS) is 1. The van der Waals surface area contributed by atoms with Gasteiger partial charge in [0.1, 0.15) is 16.9 Å². The van der Waals surface area contributed by atoms with Gasteiger partial charge in [-0.1, -0.05) is 11.6 Å². The highest BCUT2D eigenvalue weighted by molar-refractivity contribution is 6.31. The number of likely N-dealkylation sites (tertiary alicyclic amines) is 1. The third-order valence-electron chi connectivity index (χ3n) is 4.75. The minimum atomic E-state index is -1.24. The van der Waals surface area contributed by atoms with E-state index < -0.39 is 17.7 Å². The molecule has 3 N–H and O–H groups in total. The fraction of sp³-hybridized carbons (Fsp3) is 0.389. The van der Waals surface area contributed by atoms with Crippen LogP contribution in [0.15, 0.2) is 29.3 Å². The van der Waals surface area contributed by atoms with E-state index in [-0.39, 0.29) is 16.8 Å². The number of rotatable bonds is 4. The molecule has 2 aromatic heterocycles. The molecule has 3 heterocycles. The fourth-order valence-electron chi connectivity index (χ4n) is 3.29. The lowest BCUT2D eigenvalue weighted by atomic mass is 9.92. The second-order valence-electron chi connectivity index (χ2n) is 6.62. The van der Waals surface area contributed by atoms with Crippen LogP contribution >= 0.6 is 11.6 Å². The number of carbonyl (C=O) groups excluding carboxylic acids is 1. The van der Waals surface area contributed by atoms with Gasteiger partial charge in [0.2, 0.25) is 5.91 Å². The number of hydrogen-bond donors (Lipinski definition) is 3. The summed E-state index contributed by atoms with van der Waals surface area (Å²) < 4.78 is 0. The largest absolute Gasteiger partial charge is 0.465 e. The third-order valence-corrected chi connectivity index (χ3v) is 5.11. The molecule has 1 aliphatic rings. The van der Waals surface area contributed by atoms with Crippen LogP contribution in [-0.2, 0) is 4.79 Å². The van der Waals surface area contributed by atoms with Crippen LogP contribution < -0.4 is 10.9 Å². The molecule has 28 heavy (non-hydrogen) atoms. The SMILES string of the molecule is C[C@@H](NC(=O)O)C(=O)N1CCC(c2nc(-c3ccncc3)[nH]c(=O)c2Cl)CC1. The molecule has 9 nitrogen and oxygen atoms in total. The molecule has 1 aliphatic heterocycles. The number of nitrogens with one attached hydrogen (secondary N) is 2. The van der Waals surface area contributed by atoms with E-state index in [0.717, 1.165) is 5.56 Å². The molecule has 1 atom stereocenters. The normalized spacial score (nSPS) is 15.9. The van der Waals surface area contributed by atoms with E-state index in [1.54, 1.807) is 29.4 Å². The Balaban J connectivity index is 1.75. The van der Waals surface area contributed by atoms with Crippen molar-refractivity contribution in [3.63, 3.8) is 0 Å². The topological polar surface area (TPSA) is 128 Å². The van der Waals surface area contributed by atoms with Gasteiger partial charge in [0.05, 0.1) is 5.69 Å². The maximum atomic E-state index is 12.3. The Morgan fingerprint density at radius 2 is 1.96 bits per heavy atom. The first kappa shape index (κ1) is 19.8. The second kappa shape index (κ2) is 8.39. The van der Waals surface area contributed by atoms with Crippen molar-refractivity contribution in [2.45, 2.75) is 31.7 Å². The average molecular weight is 406 g/mol. The molecule has 0 unspecified atom stereocenters. The Kier molecular flexibility index (Phi) is 5.93. The molecule has 0 spiro atoms. The van der Waals surface area contributed by atoms with Crippen LogP contribution in [0.2, 0.25) is 5.02 Å². The van der Waals surface area contributed by atoms with Gasteiger partial charge in [-0.25, -0.2) is 9.78 Å². The van der Waals surface area contributed by atoms with E-state index in [1.807, 2.05) is 0 Å². The molecular formula is C18H20ClN5O4. The van der Waals surface area contributed by atoms with Crippen molar-refractivity contribution < 1.29 is 14.7 Å². The van der Waals surface area contributed by atoms with Gasteiger partial charge in [0.25, 0.3) is 5.56 Å². The average Bonchev–Trinajstić information content (AvgIpc) is 2.69.